The number of benzene rings is 2. The molecule has 0 aliphatic heterocycles. The maximum absolute atomic E-state index is 10.9. The Kier molecular flexibility index (Phi) is 4.18. The van der Waals surface area contributed by atoms with Crippen LogP contribution in [0.25, 0.3) is 11.1 Å². The highest BCUT2D eigenvalue weighted by Crippen LogP contribution is 2.23. The Hall–Kier alpha value is -2.29. The van der Waals surface area contributed by atoms with Gasteiger partial charge in [0.2, 0.25) is 5.91 Å². The number of carbonyl (C=O) groups is 1. The molecule has 0 aromatic heterocycles. The predicted octanol–water partition coefficient (Wildman–Crippen LogP) is 3.52. The molecule has 0 saturated heterocycles. The van der Waals surface area contributed by atoms with Gasteiger partial charge in [-0.1, -0.05) is 24.3 Å². The molecule has 0 heterocycles. The summed E-state index contributed by atoms with van der Waals surface area (Å²) in [6.07, 6.45) is 0. The summed E-state index contributed by atoms with van der Waals surface area (Å²) in [6, 6.07) is 15.6. The van der Waals surface area contributed by atoms with Crippen molar-refractivity contribution in [1.82, 2.24) is 0 Å². The number of anilines is 1. The van der Waals surface area contributed by atoms with Gasteiger partial charge in [-0.2, -0.15) is 0 Å². The molecule has 3 heteroatoms. The highest BCUT2D eigenvalue weighted by molar-refractivity contribution is 5.89. The van der Waals surface area contributed by atoms with E-state index in [2.05, 4.69) is 12.2 Å². The molecule has 2 aromatic carbocycles. The third kappa shape index (κ3) is 3.58. The van der Waals surface area contributed by atoms with Crippen molar-refractivity contribution in [1.29, 1.82) is 0 Å². The lowest BCUT2D eigenvalue weighted by atomic mass is 10.1. The van der Waals surface area contributed by atoms with Gasteiger partial charge in [0.15, 0.2) is 0 Å². The first-order valence-electron chi connectivity index (χ1n) is 6.09. The highest BCUT2D eigenvalue weighted by atomic mass is 16.5. The van der Waals surface area contributed by atoms with Crippen LogP contribution in [0.4, 0.5) is 5.69 Å². The SMILES string of the molecule is [CH2]COc1ccc(-c2ccc(NC(C)=O)cc2)cc1. The lowest BCUT2D eigenvalue weighted by Gasteiger charge is -2.06. The number of hydrogen-bond donors (Lipinski definition) is 1. The Morgan fingerprint density at radius 3 is 2.05 bits per heavy atom. The Labute approximate surface area is 113 Å². The van der Waals surface area contributed by atoms with Gasteiger partial charge in [0.05, 0.1) is 6.61 Å². The Morgan fingerprint density at radius 2 is 1.58 bits per heavy atom. The average molecular weight is 254 g/mol. The summed E-state index contributed by atoms with van der Waals surface area (Å²) in [5.41, 5.74) is 2.99. The van der Waals surface area contributed by atoms with Crippen molar-refractivity contribution in [2.24, 2.45) is 0 Å². The standard InChI is InChI=1S/C16H16NO2/c1-3-19-16-10-6-14(7-11-16)13-4-8-15(9-5-13)17-12(2)18/h4-11H,1,3H2,2H3,(H,17,18). The number of rotatable bonds is 4. The number of hydrogen-bond acceptors (Lipinski definition) is 2. The molecule has 0 spiro atoms. The smallest absolute Gasteiger partial charge is 0.221 e. The van der Waals surface area contributed by atoms with Crippen LogP contribution < -0.4 is 10.1 Å². The van der Waals surface area contributed by atoms with Crippen molar-refractivity contribution >= 4 is 11.6 Å². The number of nitrogens with one attached hydrogen (secondary N) is 1. The van der Waals surface area contributed by atoms with E-state index in [1.165, 1.54) is 6.92 Å². The molecule has 2 aromatic rings. The normalized spacial score (nSPS) is 10.0. The van der Waals surface area contributed by atoms with Gasteiger partial charge in [0, 0.05) is 12.6 Å². The van der Waals surface area contributed by atoms with E-state index >= 15 is 0 Å². The second-order valence-corrected chi connectivity index (χ2v) is 4.13. The predicted molar refractivity (Wildman–Crippen MR) is 77.0 cm³/mol. The summed E-state index contributed by atoms with van der Waals surface area (Å²) in [4.78, 5) is 10.9. The molecule has 19 heavy (non-hydrogen) atoms. The second kappa shape index (κ2) is 6.05. The van der Waals surface area contributed by atoms with Gasteiger partial charge in [0.25, 0.3) is 0 Å². The third-order valence-corrected chi connectivity index (χ3v) is 2.66. The molecule has 0 aliphatic carbocycles. The van der Waals surface area contributed by atoms with Gasteiger partial charge in [-0.15, -0.1) is 0 Å². The van der Waals surface area contributed by atoms with Gasteiger partial charge in [0.1, 0.15) is 5.75 Å². The molecule has 2 rings (SSSR count). The average Bonchev–Trinajstić information content (AvgIpc) is 2.40. The van der Waals surface area contributed by atoms with E-state index in [-0.39, 0.29) is 5.91 Å². The summed E-state index contributed by atoms with van der Waals surface area (Å²) in [7, 11) is 0. The number of amides is 1. The Morgan fingerprint density at radius 1 is 1.05 bits per heavy atom. The van der Waals surface area contributed by atoms with Crippen molar-refractivity contribution in [2.75, 3.05) is 11.9 Å². The minimum Gasteiger partial charge on any atom is -0.494 e. The molecule has 0 saturated carbocycles. The quantitative estimate of drug-likeness (QED) is 0.906. The molecule has 0 aliphatic rings. The Balaban J connectivity index is 2.15. The van der Waals surface area contributed by atoms with Gasteiger partial charge >= 0.3 is 0 Å². The first-order chi connectivity index (χ1) is 9.19. The summed E-state index contributed by atoms with van der Waals surface area (Å²) >= 11 is 0. The zero-order valence-corrected chi connectivity index (χ0v) is 10.8. The second-order valence-electron chi connectivity index (χ2n) is 4.13. The molecular weight excluding hydrogens is 238 g/mol. The molecule has 3 nitrogen and oxygen atoms in total. The van der Waals surface area contributed by atoms with Crippen LogP contribution in [0.15, 0.2) is 48.5 Å². The lowest BCUT2D eigenvalue weighted by molar-refractivity contribution is -0.114. The van der Waals surface area contributed by atoms with Crippen molar-refractivity contribution in [2.45, 2.75) is 6.92 Å². The van der Waals surface area contributed by atoms with Crippen LogP contribution in [0, 0.1) is 6.92 Å². The molecule has 1 radical (unpaired) electrons. The Bertz CT molecular complexity index is 544. The van der Waals surface area contributed by atoms with Crippen molar-refractivity contribution in [3.05, 3.63) is 55.5 Å². The van der Waals surface area contributed by atoms with Crippen LogP contribution in [0.5, 0.6) is 5.75 Å². The van der Waals surface area contributed by atoms with E-state index in [4.69, 9.17) is 4.74 Å². The van der Waals surface area contributed by atoms with Gasteiger partial charge < -0.3 is 10.1 Å². The summed E-state index contributed by atoms with van der Waals surface area (Å²) < 4.78 is 5.30. The zero-order chi connectivity index (χ0) is 13.7. The van der Waals surface area contributed by atoms with Crippen molar-refractivity contribution in [3.8, 4) is 16.9 Å². The van der Waals surface area contributed by atoms with Crippen molar-refractivity contribution < 1.29 is 9.53 Å². The third-order valence-electron chi connectivity index (χ3n) is 2.66. The number of carbonyl (C=O) groups excluding carboxylic acids is 1. The molecule has 0 fully saturated rings. The fraction of sp³-hybridized carbons (Fsp3) is 0.125. The van der Waals surface area contributed by atoms with Crippen LogP contribution in [-0.4, -0.2) is 12.5 Å². The molecular formula is C16H16NO2. The maximum Gasteiger partial charge on any atom is 0.221 e. The van der Waals surface area contributed by atoms with Crippen LogP contribution in [-0.2, 0) is 4.79 Å². The minimum atomic E-state index is -0.0672. The van der Waals surface area contributed by atoms with E-state index in [0.29, 0.717) is 6.61 Å². The fourth-order valence-corrected chi connectivity index (χ4v) is 1.81. The first-order valence-corrected chi connectivity index (χ1v) is 6.09. The van der Waals surface area contributed by atoms with Gasteiger partial charge in [-0.25, -0.2) is 0 Å². The monoisotopic (exact) mass is 254 g/mol. The first kappa shape index (κ1) is 13.1. The topological polar surface area (TPSA) is 38.3 Å². The summed E-state index contributed by atoms with van der Waals surface area (Å²) in [5.74, 6) is 0.746. The van der Waals surface area contributed by atoms with Crippen molar-refractivity contribution in [3.63, 3.8) is 0 Å². The van der Waals surface area contributed by atoms with Gasteiger partial charge in [-0.3, -0.25) is 4.79 Å². The fourth-order valence-electron chi connectivity index (χ4n) is 1.81. The maximum atomic E-state index is 10.9. The highest BCUT2D eigenvalue weighted by Gasteiger charge is 2.00. The van der Waals surface area contributed by atoms with Crippen LogP contribution in [0.2, 0.25) is 0 Å². The van der Waals surface area contributed by atoms with Crippen LogP contribution >= 0.6 is 0 Å². The summed E-state index contributed by atoms with van der Waals surface area (Å²) in [6.45, 7) is 5.55. The zero-order valence-electron chi connectivity index (χ0n) is 10.8. The van der Waals surface area contributed by atoms with E-state index < -0.39 is 0 Å². The lowest BCUT2D eigenvalue weighted by Crippen LogP contribution is -2.05. The summed E-state index contributed by atoms with van der Waals surface area (Å²) in [5, 5.41) is 2.74. The van der Waals surface area contributed by atoms with Gasteiger partial charge in [-0.05, 0) is 42.3 Å². The van der Waals surface area contributed by atoms with E-state index in [1.807, 2.05) is 48.5 Å². The van der Waals surface area contributed by atoms with Crippen LogP contribution in [0.1, 0.15) is 6.92 Å². The van der Waals surface area contributed by atoms with E-state index in [0.717, 1.165) is 22.6 Å². The van der Waals surface area contributed by atoms with E-state index in [9.17, 15) is 4.79 Å². The number of ether oxygens (including phenoxy) is 1. The molecule has 97 valence electrons. The molecule has 0 unspecified atom stereocenters. The molecule has 1 N–H and O–H groups in total. The van der Waals surface area contributed by atoms with Crippen LogP contribution in [0.3, 0.4) is 0 Å². The molecule has 0 atom stereocenters. The minimum absolute atomic E-state index is 0.0672. The van der Waals surface area contributed by atoms with E-state index in [1.54, 1.807) is 0 Å². The molecule has 0 bridgehead atoms. The largest absolute Gasteiger partial charge is 0.494 e. The molecule has 1 amide bonds.